The van der Waals surface area contributed by atoms with E-state index in [9.17, 15) is 34.2 Å². The monoisotopic (exact) mass is 612 g/mol. The molecule has 2 aromatic rings. The number of nitrogens with zero attached hydrogens (tertiary/aromatic N) is 5. The van der Waals surface area contributed by atoms with Gasteiger partial charge in [-0.25, -0.2) is 14.3 Å². The molecule has 2 aromatic heterocycles. The van der Waals surface area contributed by atoms with Gasteiger partial charge in [0.15, 0.2) is 0 Å². The normalized spacial score (nSPS) is 17.7. The van der Waals surface area contributed by atoms with Gasteiger partial charge in [-0.3, -0.25) is 19.3 Å². The van der Waals surface area contributed by atoms with Crippen LogP contribution in [-0.4, -0.2) is 93.1 Å². The molecule has 190 valence electrons. The van der Waals surface area contributed by atoms with Crippen molar-refractivity contribution in [2.24, 2.45) is 0 Å². The molecular weight excluding hydrogens is 593 g/mol. The van der Waals surface area contributed by atoms with Crippen molar-refractivity contribution < 1.29 is 132 Å². The van der Waals surface area contributed by atoms with Crippen molar-refractivity contribution >= 4 is 64.6 Å². The Bertz CT molecular complexity index is 1290. The Morgan fingerprint density at radius 2 is 1.87 bits per heavy atom. The Labute approximate surface area is 298 Å². The van der Waals surface area contributed by atoms with Crippen LogP contribution in [0.4, 0.5) is 0 Å². The molecular formula is C18H19N6Na3O8S3. The standard InChI is InChI=1S/C18H16N6O8S3.3Na.3H/c25-10(3-9-8(16(29)30)1-2-33-9)19-12-14(28)24-13(17(31)32)7(5-34-15(12)24)6-35-18-20-21-22-23(18)4-11(26)27;;;;;;/h1-2,12,15H,3-6H2,(H,19,25)(H,26,27)(H,29,30)(H,31,32);;;;;;/q;3*+1;3*-1/t12?,15-;;;;;;/m1....../s1. The van der Waals surface area contributed by atoms with Crippen LogP contribution in [0.1, 0.15) is 19.5 Å². The molecule has 1 fully saturated rings. The average molecular weight is 613 g/mol. The van der Waals surface area contributed by atoms with E-state index in [0.717, 1.165) is 32.7 Å². The maximum Gasteiger partial charge on any atom is 1.00 e. The van der Waals surface area contributed by atoms with Gasteiger partial charge in [0.25, 0.3) is 5.91 Å². The topological polar surface area (TPSA) is 205 Å². The van der Waals surface area contributed by atoms with E-state index in [2.05, 4.69) is 20.8 Å². The number of hydrogen-bond acceptors (Lipinski definition) is 11. The molecule has 4 N–H and O–H groups in total. The predicted octanol–water partition coefficient (Wildman–Crippen LogP) is -9.06. The second kappa shape index (κ2) is 15.5. The zero-order valence-electron chi connectivity index (χ0n) is 23.5. The van der Waals surface area contributed by atoms with Crippen molar-refractivity contribution in [2.45, 2.75) is 29.5 Å². The quantitative estimate of drug-likeness (QED) is 0.112. The predicted molar refractivity (Wildman–Crippen MR) is 124 cm³/mol. The fourth-order valence-electron chi connectivity index (χ4n) is 3.51. The summed E-state index contributed by atoms with van der Waals surface area (Å²) in [6, 6.07) is 0.458. The average Bonchev–Trinajstić information content (AvgIpc) is 3.44. The smallest absolute Gasteiger partial charge is 1.00 e. The Morgan fingerprint density at radius 3 is 2.50 bits per heavy atom. The molecule has 0 saturated carbocycles. The largest absolute Gasteiger partial charge is 1.00 e. The van der Waals surface area contributed by atoms with E-state index >= 15 is 0 Å². The zero-order chi connectivity index (χ0) is 25.3. The summed E-state index contributed by atoms with van der Waals surface area (Å²) in [6.45, 7) is -0.456. The second-order valence-corrected chi connectivity index (χ2v) is 10.3. The molecule has 1 unspecified atom stereocenters. The number of aromatic nitrogens is 4. The van der Waals surface area contributed by atoms with Crippen LogP contribution in [0.3, 0.4) is 0 Å². The molecule has 4 heterocycles. The fraction of sp³-hybridized carbons (Fsp3) is 0.333. The molecule has 4 rings (SSSR count). The van der Waals surface area contributed by atoms with Gasteiger partial charge in [-0.1, -0.05) is 11.8 Å². The van der Waals surface area contributed by atoms with E-state index in [-0.39, 0.29) is 127 Å². The molecule has 0 bridgehead atoms. The number of thioether (sulfide) groups is 2. The number of aliphatic carboxylic acids is 2. The van der Waals surface area contributed by atoms with Gasteiger partial charge >= 0.3 is 107 Å². The number of carbonyl (C=O) groups excluding carboxylic acids is 2. The third-order valence-corrected chi connectivity index (χ3v) is 8.33. The third-order valence-electron chi connectivity index (χ3n) is 5.02. The minimum absolute atomic E-state index is 0. The number of tetrazole rings is 1. The van der Waals surface area contributed by atoms with E-state index in [1.807, 2.05) is 0 Å². The molecule has 1 saturated heterocycles. The molecule has 0 radical (unpaired) electrons. The molecule has 2 aliphatic rings. The van der Waals surface area contributed by atoms with Crippen LogP contribution in [0.2, 0.25) is 0 Å². The van der Waals surface area contributed by atoms with Crippen LogP contribution in [0, 0.1) is 0 Å². The first-order valence-electron chi connectivity index (χ1n) is 9.77. The first kappa shape index (κ1) is 35.6. The maximum atomic E-state index is 12.8. The van der Waals surface area contributed by atoms with Crippen LogP contribution in [0.15, 0.2) is 27.9 Å². The van der Waals surface area contributed by atoms with Gasteiger partial charge in [-0.05, 0) is 27.4 Å². The van der Waals surface area contributed by atoms with Crippen molar-refractivity contribution in [1.29, 1.82) is 0 Å². The van der Waals surface area contributed by atoms with E-state index < -0.39 is 47.7 Å². The first-order chi connectivity index (χ1) is 16.7. The van der Waals surface area contributed by atoms with Gasteiger partial charge in [0.2, 0.25) is 11.1 Å². The fourth-order valence-corrected chi connectivity index (χ4v) is 6.74. The molecule has 0 aromatic carbocycles. The summed E-state index contributed by atoms with van der Waals surface area (Å²) in [5.74, 6) is -4.36. The number of rotatable bonds is 10. The number of amides is 2. The number of thiophene rings is 1. The Kier molecular flexibility index (Phi) is 14.5. The number of aromatic carboxylic acids is 1. The number of carboxylic acids is 3. The van der Waals surface area contributed by atoms with E-state index in [0.29, 0.717) is 10.5 Å². The minimum Gasteiger partial charge on any atom is -1.00 e. The van der Waals surface area contributed by atoms with Crippen LogP contribution in [0.5, 0.6) is 0 Å². The summed E-state index contributed by atoms with van der Waals surface area (Å²) >= 11 is 3.44. The number of carboxylic acid groups (broad SMARTS) is 3. The summed E-state index contributed by atoms with van der Waals surface area (Å²) in [5, 5.41) is 42.3. The van der Waals surface area contributed by atoms with Gasteiger partial charge in [-0.2, -0.15) is 0 Å². The van der Waals surface area contributed by atoms with Gasteiger partial charge in [0, 0.05) is 16.4 Å². The van der Waals surface area contributed by atoms with E-state index in [1.54, 1.807) is 5.38 Å². The van der Waals surface area contributed by atoms with Crippen molar-refractivity contribution in [1.82, 2.24) is 30.4 Å². The maximum absolute atomic E-state index is 12.8. The number of hydrogen-bond donors (Lipinski definition) is 4. The second-order valence-electron chi connectivity index (χ2n) is 7.25. The van der Waals surface area contributed by atoms with Crippen molar-refractivity contribution in [2.75, 3.05) is 11.5 Å². The summed E-state index contributed by atoms with van der Waals surface area (Å²) in [6.07, 6.45) is -0.213. The van der Waals surface area contributed by atoms with Gasteiger partial charge in [0.1, 0.15) is 23.7 Å². The Balaban J connectivity index is -0.00000241. The van der Waals surface area contributed by atoms with Gasteiger partial charge < -0.3 is 24.9 Å². The van der Waals surface area contributed by atoms with Crippen LogP contribution < -0.4 is 94.0 Å². The van der Waals surface area contributed by atoms with Gasteiger partial charge in [0.05, 0.1) is 12.0 Å². The first-order valence-corrected chi connectivity index (χ1v) is 12.7. The molecule has 14 nitrogen and oxygen atoms in total. The van der Waals surface area contributed by atoms with Crippen LogP contribution in [0.25, 0.3) is 0 Å². The van der Waals surface area contributed by atoms with Crippen molar-refractivity contribution in [3.05, 3.63) is 33.2 Å². The summed E-state index contributed by atoms with van der Waals surface area (Å²) in [5.41, 5.74) is 0.253. The van der Waals surface area contributed by atoms with E-state index in [4.69, 9.17) is 5.11 Å². The molecule has 38 heavy (non-hydrogen) atoms. The molecule has 2 atom stereocenters. The summed E-state index contributed by atoms with van der Waals surface area (Å²) < 4.78 is 1.07. The molecule has 2 aliphatic heterocycles. The molecule has 0 spiro atoms. The Morgan fingerprint density at radius 1 is 1.16 bits per heavy atom. The molecule has 0 aliphatic carbocycles. The van der Waals surface area contributed by atoms with E-state index in [1.165, 1.54) is 17.8 Å². The Hall–Kier alpha value is -0.440. The number of β-lactam (4-membered cyclic amide) rings is 1. The summed E-state index contributed by atoms with van der Waals surface area (Å²) in [4.78, 5) is 60.8. The van der Waals surface area contributed by atoms with Crippen molar-refractivity contribution in [3.63, 3.8) is 0 Å². The van der Waals surface area contributed by atoms with Crippen molar-refractivity contribution in [3.8, 4) is 0 Å². The zero-order valence-corrected chi connectivity index (χ0v) is 28.9. The molecule has 20 heteroatoms. The van der Waals surface area contributed by atoms with Crippen LogP contribution >= 0.6 is 34.9 Å². The third kappa shape index (κ3) is 7.85. The minimum atomic E-state index is -1.31. The SMILES string of the molecule is O=C(O)Cn1nnnc1SCC1=C(C(=O)O)N2C(=O)C(NC(=O)Cc3sccc3C(=O)O)[C@H]2SC1.[H-].[H-].[H-].[Na+].[Na+].[Na+]. The summed E-state index contributed by atoms with van der Waals surface area (Å²) in [7, 11) is 0. The number of nitrogens with one attached hydrogen (secondary N) is 1. The van der Waals surface area contributed by atoms with Crippen LogP contribution in [-0.2, 0) is 32.1 Å². The van der Waals surface area contributed by atoms with Gasteiger partial charge in [-0.15, -0.1) is 28.2 Å². The number of fused-ring (bicyclic) bond motifs is 1. The number of carbonyl (C=O) groups is 5. The molecule has 2 amide bonds.